The average molecular weight is 433 g/mol. The van der Waals surface area contributed by atoms with E-state index in [0.717, 1.165) is 55.1 Å². The van der Waals surface area contributed by atoms with Gasteiger partial charge in [-0.05, 0) is 36.5 Å². The highest BCUT2D eigenvalue weighted by Gasteiger charge is 2.25. The average Bonchev–Trinajstić information content (AvgIpc) is 2.74. The number of benzene rings is 1. The first-order valence-corrected chi connectivity index (χ1v) is 10.3. The molecule has 2 fully saturated rings. The Kier molecular flexibility index (Phi) is 5.90. The number of hydrogen-bond acceptors (Lipinski definition) is 6. The number of aliphatic hydroxyl groups excluding tert-OH is 1. The van der Waals surface area contributed by atoms with E-state index in [9.17, 15) is 5.11 Å². The van der Waals surface area contributed by atoms with Crippen LogP contribution >= 0.6 is 15.9 Å². The van der Waals surface area contributed by atoms with Crippen LogP contribution in [0.3, 0.4) is 0 Å². The second-order valence-corrected chi connectivity index (χ2v) is 8.14. The molecule has 144 valence electrons. The third kappa shape index (κ3) is 4.42. The van der Waals surface area contributed by atoms with Gasteiger partial charge in [-0.15, -0.1) is 0 Å². The van der Waals surface area contributed by atoms with Crippen LogP contribution in [0.25, 0.3) is 0 Å². The maximum atomic E-state index is 9.48. The number of halogens is 1. The van der Waals surface area contributed by atoms with Gasteiger partial charge in [-0.25, -0.2) is 9.97 Å². The highest BCUT2D eigenvalue weighted by Crippen LogP contribution is 2.28. The SMILES string of the molecule is OCC1CCCN(c2cc(N3CCOC(c4ccc(Br)cc4)C3)ncn2)C1. The summed E-state index contributed by atoms with van der Waals surface area (Å²) in [7, 11) is 0. The smallest absolute Gasteiger partial charge is 0.134 e. The molecule has 0 aliphatic carbocycles. The summed E-state index contributed by atoms with van der Waals surface area (Å²) in [6, 6.07) is 10.4. The fourth-order valence-electron chi connectivity index (χ4n) is 3.84. The summed E-state index contributed by atoms with van der Waals surface area (Å²) in [6.07, 6.45) is 3.87. The van der Waals surface area contributed by atoms with Crippen molar-refractivity contribution < 1.29 is 9.84 Å². The van der Waals surface area contributed by atoms with Crippen molar-refractivity contribution in [1.82, 2.24) is 9.97 Å². The van der Waals surface area contributed by atoms with Crippen LogP contribution in [0.5, 0.6) is 0 Å². The number of rotatable bonds is 4. The van der Waals surface area contributed by atoms with Crippen molar-refractivity contribution in [1.29, 1.82) is 0 Å². The first-order chi connectivity index (χ1) is 13.2. The molecule has 0 saturated carbocycles. The minimum Gasteiger partial charge on any atom is -0.396 e. The van der Waals surface area contributed by atoms with Crippen LogP contribution in [0.1, 0.15) is 24.5 Å². The van der Waals surface area contributed by atoms with Crippen LogP contribution < -0.4 is 9.80 Å². The summed E-state index contributed by atoms with van der Waals surface area (Å²) >= 11 is 3.48. The van der Waals surface area contributed by atoms with Crippen LogP contribution in [-0.2, 0) is 4.74 Å². The molecule has 2 aliphatic heterocycles. The van der Waals surface area contributed by atoms with E-state index in [1.165, 1.54) is 5.56 Å². The van der Waals surface area contributed by atoms with E-state index in [-0.39, 0.29) is 12.7 Å². The van der Waals surface area contributed by atoms with Crippen molar-refractivity contribution in [2.45, 2.75) is 18.9 Å². The van der Waals surface area contributed by atoms with Gasteiger partial charge in [0.15, 0.2) is 0 Å². The summed E-state index contributed by atoms with van der Waals surface area (Å²) in [4.78, 5) is 13.5. The lowest BCUT2D eigenvalue weighted by Gasteiger charge is -2.35. The summed E-state index contributed by atoms with van der Waals surface area (Å²) in [5, 5.41) is 9.48. The van der Waals surface area contributed by atoms with Crippen molar-refractivity contribution in [2.75, 3.05) is 49.2 Å². The molecular weight excluding hydrogens is 408 g/mol. The zero-order chi connectivity index (χ0) is 18.6. The van der Waals surface area contributed by atoms with E-state index in [1.54, 1.807) is 6.33 Å². The molecule has 0 amide bonds. The summed E-state index contributed by atoms with van der Waals surface area (Å²) in [6.45, 7) is 4.36. The van der Waals surface area contributed by atoms with Crippen LogP contribution in [-0.4, -0.2) is 54.5 Å². The molecule has 0 spiro atoms. The minimum atomic E-state index is 0.0408. The van der Waals surface area contributed by atoms with Gasteiger partial charge in [-0.1, -0.05) is 28.1 Å². The van der Waals surface area contributed by atoms with E-state index in [4.69, 9.17) is 4.74 Å². The second kappa shape index (κ2) is 8.54. The van der Waals surface area contributed by atoms with Gasteiger partial charge in [0.25, 0.3) is 0 Å². The van der Waals surface area contributed by atoms with E-state index >= 15 is 0 Å². The van der Waals surface area contributed by atoms with Gasteiger partial charge >= 0.3 is 0 Å². The van der Waals surface area contributed by atoms with Crippen LogP contribution in [0.4, 0.5) is 11.6 Å². The van der Waals surface area contributed by atoms with Crippen molar-refractivity contribution in [3.05, 3.63) is 46.7 Å². The molecule has 1 aromatic carbocycles. The van der Waals surface area contributed by atoms with Crippen LogP contribution in [0, 0.1) is 5.92 Å². The van der Waals surface area contributed by atoms with Crippen LogP contribution in [0.15, 0.2) is 41.1 Å². The minimum absolute atomic E-state index is 0.0408. The van der Waals surface area contributed by atoms with Gasteiger partial charge in [0.2, 0.25) is 0 Å². The quantitative estimate of drug-likeness (QED) is 0.800. The van der Waals surface area contributed by atoms with Gasteiger partial charge in [0.05, 0.1) is 6.61 Å². The molecule has 3 heterocycles. The van der Waals surface area contributed by atoms with E-state index in [2.05, 4.69) is 53.9 Å². The predicted molar refractivity (Wildman–Crippen MR) is 109 cm³/mol. The third-order valence-electron chi connectivity index (χ3n) is 5.37. The maximum Gasteiger partial charge on any atom is 0.134 e. The van der Waals surface area contributed by atoms with Gasteiger partial charge in [-0.2, -0.15) is 0 Å². The highest BCUT2D eigenvalue weighted by molar-refractivity contribution is 9.10. The number of ether oxygens (including phenoxy) is 1. The fraction of sp³-hybridized carbons (Fsp3) is 0.500. The van der Waals surface area contributed by atoms with Gasteiger partial charge < -0.3 is 19.6 Å². The first kappa shape index (κ1) is 18.7. The normalized spacial score (nSPS) is 23.5. The van der Waals surface area contributed by atoms with Crippen molar-refractivity contribution >= 4 is 27.6 Å². The molecule has 0 radical (unpaired) electrons. The molecular formula is C20H25BrN4O2. The second-order valence-electron chi connectivity index (χ2n) is 7.23. The van der Waals surface area contributed by atoms with Gasteiger partial charge in [-0.3, -0.25) is 0 Å². The molecule has 2 unspecified atom stereocenters. The summed E-state index contributed by atoms with van der Waals surface area (Å²) < 4.78 is 7.06. The Bertz CT molecular complexity index is 758. The number of hydrogen-bond donors (Lipinski definition) is 1. The molecule has 4 rings (SSSR count). The zero-order valence-corrected chi connectivity index (χ0v) is 16.9. The Morgan fingerprint density at radius 2 is 1.81 bits per heavy atom. The molecule has 2 saturated heterocycles. The molecule has 6 nitrogen and oxygen atoms in total. The van der Waals surface area contributed by atoms with Crippen molar-refractivity contribution in [3.63, 3.8) is 0 Å². The number of aliphatic hydroxyl groups is 1. The number of piperidine rings is 1. The summed E-state index contributed by atoms with van der Waals surface area (Å²) in [5.41, 5.74) is 1.18. The molecule has 2 aliphatic rings. The third-order valence-corrected chi connectivity index (χ3v) is 5.90. The Morgan fingerprint density at radius 1 is 1.07 bits per heavy atom. The van der Waals surface area contributed by atoms with E-state index in [0.29, 0.717) is 12.5 Å². The molecule has 7 heteroatoms. The number of nitrogens with zero attached hydrogens (tertiary/aromatic N) is 4. The zero-order valence-electron chi connectivity index (χ0n) is 15.3. The standard InChI is InChI=1S/C20H25BrN4O2/c21-17-5-3-16(4-6-17)18-12-25(8-9-27-18)20-10-19(22-14-23-20)24-7-1-2-15(11-24)13-26/h3-6,10,14-15,18,26H,1-2,7-9,11-13H2. The number of morpholine rings is 1. The Balaban J connectivity index is 1.48. The number of anilines is 2. The molecule has 2 atom stereocenters. The Labute approximate surface area is 168 Å². The number of aromatic nitrogens is 2. The molecule has 27 heavy (non-hydrogen) atoms. The largest absolute Gasteiger partial charge is 0.396 e. The van der Waals surface area contributed by atoms with Crippen LogP contribution in [0.2, 0.25) is 0 Å². The van der Waals surface area contributed by atoms with E-state index < -0.39 is 0 Å². The van der Waals surface area contributed by atoms with Gasteiger partial charge in [0, 0.05) is 43.3 Å². The first-order valence-electron chi connectivity index (χ1n) is 9.53. The fourth-order valence-corrected chi connectivity index (χ4v) is 4.11. The molecule has 0 bridgehead atoms. The lowest BCUT2D eigenvalue weighted by molar-refractivity contribution is 0.0395. The predicted octanol–water partition coefficient (Wildman–Crippen LogP) is 3.03. The van der Waals surface area contributed by atoms with Gasteiger partial charge in [0.1, 0.15) is 24.1 Å². The Hall–Kier alpha value is -1.70. The van der Waals surface area contributed by atoms with E-state index in [1.807, 2.05) is 12.1 Å². The summed E-state index contributed by atoms with van der Waals surface area (Å²) in [5.74, 6) is 2.23. The molecule has 2 aromatic rings. The maximum absolute atomic E-state index is 9.48. The highest BCUT2D eigenvalue weighted by atomic mass is 79.9. The molecule has 1 aromatic heterocycles. The lowest BCUT2D eigenvalue weighted by atomic mass is 9.99. The van der Waals surface area contributed by atoms with Crippen molar-refractivity contribution in [3.8, 4) is 0 Å². The topological polar surface area (TPSA) is 61.7 Å². The lowest BCUT2D eigenvalue weighted by Crippen LogP contribution is -2.40. The molecule has 1 N–H and O–H groups in total. The Morgan fingerprint density at radius 3 is 2.56 bits per heavy atom. The monoisotopic (exact) mass is 432 g/mol. The van der Waals surface area contributed by atoms with Crippen molar-refractivity contribution in [2.24, 2.45) is 5.92 Å².